The van der Waals surface area contributed by atoms with Crippen LogP contribution in [-0.4, -0.2) is 99.6 Å². The first-order valence-electron chi connectivity index (χ1n) is 32.5. The summed E-state index contributed by atoms with van der Waals surface area (Å²) in [5.41, 5.74) is 0. The van der Waals surface area contributed by atoms with Gasteiger partial charge in [-0.3, -0.25) is 9.59 Å². The van der Waals surface area contributed by atoms with E-state index in [1.165, 1.54) is 109 Å². The van der Waals surface area contributed by atoms with Crippen molar-refractivity contribution in [2.75, 3.05) is 13.2 Å². The number of esters is 1. The third-order valence-corrected chi connectivity index (χ3v) is 14.7. The van der Waals surface area contributed by atoms with Gasteiger partial charge in [0.2, 0.25) is 5.91 Å². The molecule has 0 aromatic heterocycles. The van der Waals surface area contributed by atoms with Crippen molar-refractivity contribution >= 4 is 11.9 Å². The Hall–Kier alpha value is -3.42. The molecule has 0 spiro atoms. The van der Waals surface area contributed by atoms with Crippen molar-refractivity contribution in [1.29, 1.82) is 0 Å². The quantitative estimate of drug-likeness (QED) is 0.0195. The van der Waals surface area contributed by atoms with Gasteiger partial charge in [-0.25, -0.2) is 0 Å². The molecule has 1 rings (SSSR count). The number of carbonyl (C=O) groups excluding carboxylic acids is 2. The van der Waals surface area contributed by atoms with Gasteiger partial charge < -0.3 is 45.1 Å². The molecule has 8 unspecified atom stereocenters. The number of amides is 1. The lowest BCUT2D eigenvalue weighted by molar-refractivity contribution is -0.305. The number of carbonyl (C=O) groups is 2. The van der Waals surface area contributed by atoms with Gasteiger partial charge in [-0.1, -0.05) is 246 Å². The molecule has 0 saturated carbocycles. The second-order valence-electron chi connectivity index (χ2n) is 22.1. The molecule has 6 N–H and O–H groups in total. The van der Waals surface area contributed by atoms with Gasteiger partial charge in [-0.15, -0.1) is 0 Å². The minimum Gasteiger partial charge on any atom is -0.454 e. The summed E-state index contributed by atoms with van der Waals surface area (Å²) in [7, 11) is 0. The van der Waals surface area contributed by atoms with E-state index in [4.69, 9.17) is 14.2 Å². The molecule has 0 aromatic rings. The SMILES string of the molecule is CCCCC/C=C\C/C=C\C/C=C\C/C=C\CCCCCC(=O)OC1C(OCC(NC(=O)C(O)CCCCCCCCC/C=C\C/C=C\C/C=C\CCCCC)C(O)/C=C/CCCCCCCCCCCC)OC(CO)C(O)C1O. The number of rotatable bonds is 54. The molecule has 11 nitrogen and oxygen atoms in total. The predicted molar refractivity (Wildman–Crippen MR) is 333 cm³/mol. The summed E-state index contributed by atoms with van der Waals surface area (Å²) < 4.78 is 17.6. The normalized spacial score (nSPS) is 19.4. The van der Waals surface area contributed by atoms with Crippen LogP contribution in [0.3, 0.4) is 0 Å². The minimum absolute atomic E-state index is 0.0809. The first kappa shape index (κ1) is 74.6. The van der Waals surface area contributed by atoms with Crippen LogP contribution in [0.2, 0.25) is 0 Å². The van der Waals surface area contributed by atoms with Crippen molar-refractivity contribution in [3.63, 3.8) is 0 Å². The number of hydrogen-bond donors (Lipinski definition) is 6. The van der Waals surface area contributed by atoms with Gasteiger partial charge in [0, 0.05) is 6.42 Å². The summed E-state index contributed by atoms with van der Waals surface area (Å²) in [6, 6.07) is -1.04. The standard InChI is InChI=1S/C69H119NO10/c1-4-7-10-13-16-19-22-25-27-29-31-33-34-36-38-41-44-47-50-53-56-62(73)68(77)70-60(61(72)55-52-49-46-43-40-24-21-18-15-12-9-6-3)59-78-69-67(66(76)65(75)63(58-71)79-69)80-64(74)57-54-51-48-45-42-39-37-35-32-30-28-26-23-20-17-14-11-8-5-2/h16-17,19-20,25-28,31-33,35,39,42,52,55,60-63,65-67,69,71-73,75-76H,4-15,18,21-24,29-30,34,36-38,40-41,43-51,53-54,56-59H2,1-3H3,(H,70,77)/b19-16-,20-17-,27-25-,28-26-,33-31-,35-32-,42-39-,55-52+. The highest BCUT2D eigenvalue weighted by Gasteiger charge is 2.47. The summed E-state index contributed by atoms with van der Waals surface area (Å²) in [5.74, 6) is -1.24. The molecule has 1 amide bonds. The van der Waals surface area contributed by atoms with Crippen molar-refractivity contribution in [3.8, 4) is 0 Å². The van der Waals surface area contributed by atoms with Gasteiger partial charge in [-0.05, 0) is 109 Å². The zero-order chi connectivity index (χ0) is 58.2. The number of unbranched alkanes of at least 4 members (excludes halogenated alkanes) is 26. The summed E-state index contributed by atoms with van der Waals surface area (Å²) in [6.45, 7) is 5.71. The van der Waals surface area contributed by atoms with Crippen LogP contribution in [0.25, 0.3) is 0 Å². The first-order chi connectivity index (χ1) is 39.2. The van der Waals surface area contributed by atoms with Crippen LogP contribution >= 0.6 is 0 Å². The number of allylic oxidation sites excluding steroid dienone is 15. The zero-order valence-corrected chi connectivity index (χ0v) is 50.9. The summed E-state index contributed by atoms with van der Waals surface area (Å²) in [6.07, 6.45) is 64.3. The smallest absolute Gasteiger partial charge is 0.306 e. The Labute approximate surface area is 488 Å². The van der Waals surface area contributed by atoms with Crippen molar-refractivity contribution in [2.24, 2.45) is 0 Å². The number of aliphatic hydroxyl groups is 5. The van der Waals surface area contributed by atoms with Gasteiger partial charge in [-0.2, -0.15) is 0 Å². The molecule has 0 bridgehead atoms. The molecular formula is C69H119NO10. The average Bonchev–Trinajstić information content (AvgIpc) is 3.48. The summed E-state index contributed by atoms with van der Waals surface area (Å²) in [5, 5.41) is 57.1. The third kappa shape index (κ3) is 43.3. The topological polar surface area (TPSA) is 175 Å². The van der Waals surface area contributed by atoms with E-state index in [0.29, 0.717) is 12.8 Å². The molecule has 0 radical (unpaired) electrons. The largest absolute Gasteiger partial charge is 0.454 e. The fourth-order valence-corrected chi connectivity index (χ4v) is 9.52. The molecule has 80 heavy (non-hydrogen) atoms. The van der Waals surface area contributed by atoms with Crippen LogP contribution in [0, 0.1) is 0 Å². The van der Waals surface area contributed by atoms with Crippen LogP contribution < -0.4 is 5.32 Å². The fraction of sp³-hybridized carbons (Fsp3) is 0.739. The van der Waals surface area contributed by atoms with Crippen molar-refractivity contribution in [1.82, 2.24) is 5.32 Å². The molecule has 0 aromatic carbocycles. The van der Waals surface area contributed by atoms with Gasteiger partial charge in [0.1, 0.15) is 24.4 Å². The molecule has 1 aliphatic rings. The number of hydrogen-bond acceptors (Lipinski definition) is 10. The van der Waals surface area contributed by atoms with E-state index in [9.17, 15) is 35.1 Å². The Bertz CT molecular complexity index is 1670. The Morgan fingerprint density at radius 1 is 0.487 bits per heavy atom. The number of nitrogens with one attached hydrogen (secondary N) is 1. The monoisotopic (exact) mass is 1120 g/mol. The highest BCUT2D eigenvalue weighted by Crippen LogP contribution is 2.26. The van der Waals surface area contributed by atoms with Gasteiger partial charge in [0.25, 0.3) is 0 Å². The Kier molecular flexibility index (Phi) is 52.3. The third-order valence-electron chi connectivity index (χ3n) is 14.7. The lowest BCUT2D eigenvalue weighted by Crippen LogP contribution is -2.61. The summed E-state index contributed by atoms with van der Waals surface area (Å²) in [4.78, 5) is 26.6. The van der Waals surface area contributed by atoms with E-state index >= 15 is 0 Å². The molecule has 8 atom stereocenters. The van der Waals surface area contributed by atoms with E-state index in [1.807, 2.05) is 6.08 Å². The maximum Gasteiger partial charge on any atom is 0.306 e. The first-order valence-corrected chi connectivity index (χ1v) is 32.5. The molecule has 1 aliphatic heterocycles. The molecule has 460 valence electrons. The zero-order valence-electron chi connectivity index (χ0n) is 50.9. The molecule has 11 heteroatoms. The van der Waals surface area contributed by atoms with Crippen LogP contribution in [0.4, 0.5) is 0 Å². The average molecular weight is 1120 g/mol. The summed E-state index contributed by atoms with van der Waals surface area (Å²) >= 11 is 0. The van der Waals surface area contributed by atoms with Crippen LogP contribution in [-0.2, 0) is 23.8 Å². The molecule has 1 heterocycles. The van der Waals surface area contributed by atoms with Crippen molar-refractivity contribution in [3.05, 3.63) is 97.2 Å². The van der Waals surface area contributed by atoms with Gasteiger partial charge in [0.05, 0.1) is 25.4 Å². The maximum atomic E-state index is 13.4. The molecule has 0 aliphatic carbocycles. The lowest BCUT2D eigenvalue weighted by atomic mass is 9.99. The van der Waals surface area contributed by atoms with Crippen molar-refractivity contribution < 1.29 is 49.3 Å². The van der Waals surface area contributed by atoms with Gasteiger partial charge in [0.15, 0.2) is 12.4 Å². The molecule has 1 saturated heterocycles. The Morgan fingerprint density at radius 2 is 0.863 bits per heavy atom. The highest BCUT2D eigenvalue weighted by atomic mass is 16.7. The Morgan fingerprint density at radius 3 is 1.31 bits per heavy atom. The van der Waals surface area contributed by atoms with Crippen LogP contribution in [0.1, 0.15) is 265 Å². The van der Waals surface area contributed by atoms with E-state index in [0.717, 1.165) is 109 Å². The second kappa shape index (κ2) is 56.1. The van der Waals surface area contributed by atoms with E-state index in [1.54, 1.807) is 6.08 Å². The van der Waals surface area contributed by atoms with Gasteiger partial charge >= 0.3 is 5.97 Å². The highest BCUT2D eigenvalue weighted by molar-refractivity contribution is 5.80. The number of ether oxygens (including phenoxy) is 3. The van der Waals surface area contributed by atoms with E-state index in [-0.39, 0.29) is 19.4 Å². The maximum absolute atomic E-state index is 13.4. The van der Waals surface area contributed by atoms with Crippen LogP contribution in [0.15, 0.2) is 97.2 Å². The molecular weight excluding hydrogens is 1000 g/mol. The van der Waals surface area contributed by atoms with E-state index < -0.39 is 67.4 Å². The van der Waals surface area contributed by atoms with Crippen molar-refractivity contribution in [2.45, 2.75) is 314 Å². The minimum atomic E-state index is -1.63. The molecule has 1 fully saturated rings. The van der Waals surface area contributed by atoms with Crippen LogP contribution in [0.5, 0.6) is 0 Å². The fourth-order valence-electron chi connectivity index (χ4n) is 9.52. The van der Waals surface area contributed by atoms with E-state index in [2.05, 4.69) is 111 Å². The number of aliphatic hydroxyl groups excluding tert-OH is 5. The second-order valence-corrected chi connectivity index (χ2v) is 22.1. The lowest BCUT2D eigenvalue weighted by Gasteiger charge is -2.41. The Balaban J connectivity index is 2.69. The predicted octanol–water partition coefficient (Wildman–Crippen LogP) is 15.9.